The van der Waals surface area contributed by atoms with Crippen LogP contribution in [0.3, 0.4) is 0 Å². The average Bonchev–Trinajstić information content (AvgIpc) is 2.70. The fourth-order valence-electron chi connectivity index (χ4n) is 2.70. The van der Waals surface area contributed by atoms with Gasteiger partial charge in [0.25, 0.3) is 5.56 Å². The number of rotatable bonds is 5. The Labute approximate surface area is 156 Å². The van der Waals surface area contributed by atoms with Crippen molar-refractivity contribution in [3.8, 4) is 11.1 Å². The second-order valence-electron chi connectivity index (χ2n) is 5.84. The predicted molar refractivity (Wildman–Crippen MR) is 103 cm³/mol. The second kappa shape index (κ2) is 8.14. The number of amides is 1. The third-order valence-electron chi connectivity index (χ3n) is 4.00. The fourth-order valence-corrected chi connectivity index (χ4v) is 2.70. The number of carbonyl (C=O) groups is 2. The van der Waals surface area contributed by atoms with E-state index in [9.17, 15) is 14.4 Å². The molecule has 3 aromatic rings. The van der Waals surface area contributed by atoms with E-state index in [1.54, 1.807) is 6.07 Å². The van der Waals surface area contributed by atoms with E-state index in [4.69, 9.17) is 0 Å². The van der Waals surface area contributed by atoms with Crippen LogP contribution in [0.2, 0.25) is 0 Å². The molecule has 0 saturated carbocycles. The zero-order valence-corrected chi connectivity index (χ0v) is 14.7. The van der Waals surface area contributed by atoms with E-state index in [-0.39, 0.29) is 23.6 Å². The Morgan fingerprint density at radius 3 is 2.41 bits per heavy atom. The van der Waals surface area contributed by atoms with E-state index in [2.05, 4.69) is 10.1 Å². The fraction of sp³-hybridized carbons (Fsp3) is 0.0952. The molecule has 2 aromatic carbocycles. The van der Waals surface area contributed by atoms with Gasteiger partial charge in [-0.3, -0.25) is 9.59 Å². The minimum atomic E-state index is -0.571. The van der Waals surface area contributed by atoms with Gasteiger partial charge in [0.1, 0.15) is 6.54 Å². The number of para-hydroxylation sites is 1. The molecule has 1 amide bonds. The second-order valence-corrected chi connectivity index (χ2v) is 5.84. The smallest absolute Gasteiger partial charge is 0.339 e. The molecule has 0 radical (unpaired) electrons. The van der Waals surface area contributed by atoms with Gasteiger partial charge < -0.3 is 14.6 Å². The van der Waals surface area contributed by atoms with E-state index < -0.39 is 5.97 Å². The number of aromatic nitrogens is 1. The largest absolute Gasteiger partial charge is 0.465 e. The topological polar surface area (TPSA) is 77.4 Å². The summed E-state index contributed by atoms with van der Waals surface area (Å²) < 4.78 is 5.81. The third-order valence-corrected chi connectivity index (χ3v) is 4.00. The molecule has 6 nitrogen and oxygen atoms in total. The van der Waals surface area contributed by atoms with Gasteiger partial charge >= 0.3 is 5.97 Å². The zero-order chi connectivity index (χ0) is 19.2. The van der Waals surface area contributed by atoms with Crippen molar-refractivity contribution in [2.24, 2.45) is 0 Å². The summed E-state index contributed by atoms with van der Waals surface area (Å²) in [7, 11) is 1.25. The molecule has 0 spiro atoms. The molecule has 27 heavy (non-hydrogen) atoms. The summed E-state index contributed by atoms with van der Waals surface area (Å²) >= 11 is 0. The summed E-state index contributed by atoms with van der Waals surface area (Å²) in [6.45, 7) is -0.215. The SMILES string of the molecule is COC(=O)c1ccc(=O)n(CC(=O)Nc2ccccc2-c2ccccc2)c1. The van der Waals surface area contributed by atoms with Crippen LogP contribution in [-0.4, -0.2) is 23.6 Å². The lowest BCUT2D eigenvalue weighted by atomic mass is 10.0. The van der Waals surface area contributed by atoms with Crippen LogP contribution in [0.1, 0.15) is 10.4 Å². The maximum absolute atomic E-state index is 12.5. The molecule has 0 atom stereocenters. The van der Waals surface area contributed by atoms with Gasteiger partial charge in [-0.15, -0.1) is 0 Å². The molecule has 1 heterocycles. The van der Waals surface area contributed by atoms with Crippen molar-refractivity contribution in [3.05, 3.63) is 88.8 Å². The molecule has 1 aromatic heterocycles. The summed E-state index contributed by atoms with van der Waals surface area (Å²) in [5, 5.41) is 2.83. The van der Waals surface area contributed by atoms with E-state index in [1.165, 1.54) is 30.0 Å². The Kier molecular flexibility index (Phi) is 5.47. The lowest BCUT2D eigenvalue weighted by molar-refractivity contribution is -0.116. The number of benzene rings is 2. The molecule has 0 unspecified atom stereocenters. The minimum Gasteiger partial charge on any atom is -0.465 e. The highest BCUT2D eigenvalue weighted by Crippen LogP contribution is 2.27. The van der Waals surface area contributed by atoms with Crippen LogP contribution >= 0.6 is 0 Å². The van der Waals surface area contributed by atoms with Crippen LogP contribution in [0, 0.1) is 0 Å². The Hall–Kier alpha value is -3.67. The first-order valence-electron chi connectivity index (χ1n) is 8.31. The first-order chi connectivity index (χ1) is 13.1. The number of hydrogen-bond donors (Lipinski definition) is 1. The Bertz CT molecular complexity index is 1030. The predicted octanol–water partition coefficient (Wildman–Crippen LogP) is 2.94. The van der Waals surface area contributed by atoms with Gasteiger partial charge in [-0.1, -0.05) is 48.5 Å². The van der Waals surface area contributed by atoms with Gasteiger partial charge in [0, 0.05) is 23.5 Å². The van der Waals surface area contributed by atoms with Crippen molar-refractivity contribution in [1.29, 1.82) is 0 Å². The van der Waals surface area contributed by atoms with Crippen LogP contribution in [0.25, 0.3) is 11.1 Å². The first-order valence-corrected chi connectivity index (χ1v) is 8.31. The van der Waals surface area contributed by atoms with Gasteiger partial charge in [-0.25, -0.2) is 4.79 Å². The summed E-state index contributed by atoms with van der Waals surface area (Å²) in [6, 6.07) is 19.7. The van der Waals surface area contributed by atoms with Crippen molar-refractivity contribution in [2.75, 3.05) is 12.4 Å². The van der Waals surface area contributed by atoms with Crippen molar-refractivity contribution < 1.29 is 14.3 Å². The maximum atomic E-state index is 12.5. The van der Waals surface area contributed by atoms with Crippen LogP contribution in [0.15, 0.2) is 77.7 Å². The molecule has 0 bridgehead atoms. The molecule has 6 heteroatoms. The molecule has 136 valence electrons. The molecular formula is C21H18N2O4. The molecule has 0 aliphatic rings. The monoisotopic (exact) mass is 362 g/mol. The first kappa shape index (κ1) is 18.1. The lowest BCUT2D eigenvalue weighted by Crippen LogP contribution is -2.27. The molecule has 1 N–H and O–H groups in total. The van der Waals surface area contributed by atoms with E-state index in [0.717, 1.165) is 11.1 Å². The van der Waals surface area contributed by atoms with Crippen molar-refractivity contribution in [2.45, 2.75) is 6.54 Å². The van der Waals surface area contributed by atoms with Gasteiger partial charge in [0.2, 0.25) is 5.91 Å². The summed E-state index contributed by atoms with van der Waals surface area (Å²) in [5.41, 5.74) is 2.31. The Morgan fingerprint density at radius 2 is 1.67 bits per heavy atom. The lowest BCUT2D eigenvalue weighted by Gasteiger charge is -2.12. The van der Waals surface area contributed by atoms with Gasteiger partial charge in [-0.05, 0) is 17.7 Å². The number of nitrogens with one attached hydrogen (secondary N) is 1. The molecule has 3 rings (SSSR count). The van der Waals surface area contributed by atoms with Crippen molar-refractivity contribution in [1.82, 2.24) is 4.57 Å². The van der Waals surface area contributed by atoms with Gasteiger partial charge in [0.05, 0.1) is 12.7 Å². The molecule has 0 aliphatic carbocycles. The van der Waals surface area contributed by atoms with Crippen LogP contribution in [0.4, 0.5) is 5.69 Å². The Morgan fingerprint density at radius 1 is 0.963 bits per heavy atom. The number of carbonyl (C=O) groups excluding carboxylic acids is 2. The summed E-state index contributed by atoms with van der Waals surface area (Å²) in [4.78, 5) is 36.1. The molecular weight excluding hydrogens is 344 g/mol. The minimum absolute atomic E-state index is 0.203. The van der Waals surface area contributed by atoms with Crippen molar-refractivity contribution >= 4 is 17.6 Å². The van der Waals surface area contributed by atoms with Crippen LogP contribution in [0.5, 0.6) is 0 Å². The molecule has 0 saturated heterocycles. The number of ether oxygens (including phenoxy) is 1. The highest BCUT2D eigenvalue weighted by Gasteiger charge is 2.12. The average molecular weight is 362 g/mol. The normalized spacial score (nSPS) is 10.3. The number of anilines is 1. The maximum Gasteiger partial charge on any atom is 0.339 e. The number of pyridine rings is 1. The number of methoxy groups -OCH3 is 1. The summed E-state index contributed by atoms with van der Waals surface area (Å²) in [6.07, 6.45) is 1.32. The van der Waals surface area contributed by atoms with Gasteiger partial charge in [-0.2, -0.15) is 0 Å². The van der Waals surface area contributed by atoms with Crippen molar-refractivity contribution in [3.63, 3.8) is 0 Å². The van der Waals surface area contributed by atoms with Gasteiger partial charge in [0.15, 0.2) is 0 Å². The number of nitrogens with zero attached hydrogens (tertiary/aromatic N) is 1. The molecule has 0 fully saturated rings. The third kappa shape index (κ3) is 4.30. The quantitative estimate of drug-likeness (QED) is 0.708. The van der Waals surface area contributed by atoms with E-state index in [1.807, 2.05) is 48.5 Å². The number of esters is 1. The zero-order valence-electron chi connectivity index (χ0n) is 14.7. The summed E-state index contributed by atoms with van der Waals surface area (Å²) in [5.74, 6) is -0.943. The highest BCUT2D eigenvalue weighted by atomic mass is 16.5. The standard InChI is InChI=1S/C21H18N2O4/c1-27-21(26)16-11-12-20(25)23(13-16)14-19(24)22-18-10-6-5-9-17(18)15-7-3-2-4-8-15/h2-13H,14H2,1H3,(H,22,24). The van der Waals surface area contributed by atoms with Crippen LogP contribution < -0.4 is 10.9 Å². The van der Waals surface area contributed by atoms with E-state index >= 15 is 0 Å². The molecule has 0 aliphatic heterocycles. The number of hydrogen-bond acceptors (Lipinski definition) is 4. The Balaban J connectivity index is 1.82. The van der Waals surface area contributed by atoms with E-state index in [0.29, 0.717) is 5.69 Å². The highest BCUT2D eigenvalue weighted by molar-refractivity contribution is 5.95. The van der Waals surface area contributed by atoms with Crippen LogP contribution in [-0.2, 0) is 16.1 Å².